The highest BCUT2D eigenvalue weighted by molar-refractivity contribution is 8.00. The van der Waals surface area contributed by atoms with Gasteiger partial charge in [-0.15, -0.1) is 10.2 Å². The molecular weight excluding hydrogens is 308 g/mol. The van der Waals surface area contributed by atoms with E-state index < -0.39 is 0 Å². The maximum atomic E-state index is 11.7. The first-order chi connectivity index (χ1) is 11.1. The SMILES string of the molecule is CCCCC(Sc1nnc2cc(C)c3ccccc3n12)C(N)=O. The maximum absolute atomic E-state index is 11.7. The maximum Gasteiger partial charge on any atom is 0.231 e. The highest BCUT2D eigenvalue weighted by Crippen LogP contribution is 2.29. The molecule has 5 nitrogen and oxygen atoms in total. The topological polar surface area (TPSA) is 73.3 Å². The number of aryl methyl sites for hydroxylation is 1. The van der Waals surface area contributed by atoms with Gasteiger partial charge in [-0.1, -0.05) is 49.7 Å². The second-order valence-corrected chi connectivity index (χ2v) is 6.84. The predicted octanol–water partition coefficient (Wildman–Crippen LogP) is 3.33. The van der Waals surface area contributed by atoms with Gasteiger partial charge in [0.15, 0.2) is 10.8 Å². The minimum Gasteiger partial charge on any atom is -0.369 e. The van der Waals surface area contributed by atoms with Crippen molar-refractivity contribution in [1.82, 2.24) is 14.6 Å². The van der Waals surface area contributed by atoms with Crippen molar-refractivity contribution in [3.63, 3.8) is 0 Å². The zero-order valence-corrected chi connectivity index (χ0v) is 14.1. The van der Waals surface area contributed by atoms with E-state index in [1.165, 1.54) is 11.8 Å². The number of carbonyl (C=O) groups excluding carboxylic acids is 1. The van der Waals surface area contributed by atoms with Crippen LogP contribution in [0.4, 0.5) is 0 Å². The van der Waals surface area contributed by atoms with Gasteiger partial charge in [0.05, 0.1) is 10.8 Å². The first-order valence-electron chi connectivity index (χ1n) is 7.81. The largest absolute Gasteiger partial charge is 0.369 e. The molecule has 1 amide bonds. The highest BCUT2D eigenvalue weighted by Gasteiger charge is 2.20. The summed E-state index contributed by atoms with van der Waals surface area (Å²) in [6.07, 6.45) is 2.76. The van der Waals surface area contributed by atoms with Crippen LogP contribution in [0.1, 0.15) is 31.7 Å². The summed E-state index contributed by atoms with van der Waals surface area (Å²) in [5.74, 6) is -0.295. The number of aromatic nitrogens is 3. The lowest BCUT2D eigenvalue weighted by molar-refractivity contribution is -0.117. The van der Waals surface area contributed by atoms with Crippen LogP contribution in [0.15, 0.2) is 35.5 Å². The lowest BCUT2D eigenvalue weighted by Gasteiger charge is -2.12. The van der Waals surface area contributed by atoms with Gasteiger partial charge < -0.3 is 5.73 Å². The number of fused-ring (bicyclic) bond motifs is 3. The first-order valence-corrected chi connectivity index (χ1v) is 8.69. The molecule has 0 aliphatic rings. The molecule has 0 aliphatic heterocycles. The minimum atomic E-state index is -0.295. The molecule has 23 heavy (non-hydrogen) atoms. The lowest BCUT2D eigenvalue weighted by Crippen LogP contribution is -2.25. The van der Waals surface area contributed by atoms with E-state index in [4.69, 9.17) is 5.73 Å². The Kier molecular flexibility index (Phi) is 4.52. The van der Waals surface area contributed by atoms with Gasteiger partial charge in [0.1, 0.15) is 0 Å². The van der Waals surface area contributed by atoms with Gasteiger partial charge in [-0.3, -0.25) is 9.20 Å². The number of carbonyl (C=O) groups is 1. The van der Waals surface area contributed by atoms with Gasteiger partial charge in [0.25, 0.3) is 0 Å². The number of nitrogens with two attached hydrogens (primary N) is 1. The number of primary amides is 1. The molecule has 0 saturated carbocycles. The molecule has 1 aromatic carbocycles. The second-order valence-electron chi connectivity index (χ2n) is 5.67. The minimum absolute atomic E-state index is 0.276. The van der Waals surface area contributed by atoms with Crippen LogP contribution in [0.3, 0.4) is 0 Å². The van der Waals surface area contributed by atoms with E-state index in [1.54, 1.807) is 0 Å². The van der Waals surface area contributed by atoms with E-state index in [0.717, 1.165) is 46.5 Å². The number of hydrogen-bond donors (Lipinski definition) is 1. The fourth-order valence-electron chi connectivity index (χ4n) is 2.73. The van der Waals surface area contributed by atoms with Crippen molar-refractivity contribution >= 4 is 34.2 Å². The fraction of sp³-hybridized carbons (Fsp3) is 0.353. The summed E-state index contributed by atoms with van der Waals surface area (Å²) >= 11 is 1.41. The zero-order chi connectivity index (χ0) is 16.4. The number of hydrogen-bond acceptors (Lipinski definition) is 4. The number of pyridine rings is 1. The standard InChI is InChI=1S/C17H20N4OS/c1-3-4-9-14(16(18)22)23-17-20-19-15-10-11(2)12-7-5-6-8-13(12)21(15)17/h5-8,10,14H,3-4,9H2,1-2H3,(H2,18,22). The number of unbranched alkanes of at least 4 members (excludes halogenated alkanes) is 1. The summed E-state index contributed by atoms with van der Waals surface area (Å²) in [6, 6.07) is 10.2. The third-order valence-electron chi connectivity index (χ3n) is 3.96. The van der Waals surface area contributed by atoms with Gasteiger partial charge in [0, 0.05) is 5.39 Å². The monoisotopic (exact) mass is 328 g/mol. The van der Waals surface area contributed by atoms with Crippen LogP contribution in [-0.2, 0) is 4.79 Å². The molecule has 0 aliphatic carbocycles. The third kappa shape index (κ3) is 3.03. The quantitative estimate of drug-likeness (QED) is 0.704. The number of thioether (sulfide) groups is 1. The zero-order valence-electron chi connectivity index (χ0n) is 13.3. The number of benzene rings is 1. The average molecular weight is 328 g/mol. The van der Waals surface area contributed by atoms with Gasteiger partial charge in [0.2, 0.25) is 5.91 Å². The Morgan fingerprint density at radius 1 is 1.35 bits per heavy atom. The van der Waals surface area contributed by atoms with Crippen LogP contribution in [0.2, 0.25) is 0 Å². The normalized spacial score (nSPS) is 12.8. The van der Waals surface area contributed by atoms with Crippen LogP contribution < -0.4 is 5.73 Å². The van der Waals surface area contributed by atoms with Crippen molar-refractivity contribution in [3.05, 3.63) is 35.9 Å². The van der Waals surface area contributed by atoms with Crippen molar-refractivity contribution in [2.45, 2.75) is 43.5 Å². The smallest absolute Gasteiger partial charge is 0.231 e. The van der Waals surface area contributed by atoms with Crippen LogP contribution >= 0.6 is 11.8 Å². The van der Waals surface area contributed by atoms with E-state index in [1.807, 2.05) is 28.7 Å². The van der Waals surface area contributed by atoms with Crippen LogP contribution in [-0.4, -0.2) is 25.8 Å². The molecule has 3 rings (SSSR count). The van der Waals surface area contributed by atoms with Gasteiger partial charge >= 0.3 is 0 Å². The second kappa shape index (κ2) is 6.58. The summed E-state index contributed by atoms with van der Waals surface area (Å²) in [5, 5.41) is 10.1. The number of rotatable bonds is 6. The summed E-state index contributed by atoms with van der Waals surface area (Å²) in [5.41, 5.74) is 8.56. The van der Waals surface area contributed by atoms with Crippen LogP contribution in [0, 0.1) is 6.92 Å². The summed E-state index contributed by atoms with van der Waals surface area (Å²) < 4.78 is 2.01. The van der Waals surface area contributed by atoms with Crippen molar-refractivity contribution in [1.29, 1.82) is 0 Å². The molecule has 0 radical (unpaired) electrons. The van der Waals surface area contributed by atoms with Crippen LogP contribution in [0.25, 0.3) is 16.6 Å². The molecule has 0 saturated heterocycles. The van der Waals surface area contributed by atoms with Crippen molar-refractivity contribution < 1.29 is 4.79 Å². The highest BCUT2D eigenvalue weighted by atomic mass is 32.2. The molecule has 1 atom stereocenters. The Balaban J connectivity index is 2.08. The predicted molar refractivity (Wildman–Crippen MR) is 93.6 cm³/mol. The molecule has 120 valence electrons. The molecule has 2 aromatic heterocycles. The molecule has 2 N–H and O–H groups in total. The van der Waals surface area contributed by atoms with Crippen molar-refractivity contribution in [2.24, 2.45) is 5.73 Å². The third-order valence-corrected chi connectivity index (χ3v) is 5.19. The number of amides is 1. The van der Waals surface area contributed by atoms with Crippen molar-refractivity contribution in [3.8, 4) is 0 Å². The summed E-state index contributed by atoms with van der Waals surface area (Å²) in [7, 11) is 0. The fourth-order valence-corrected chi connectivity index (χ4v) is 3.77. The van der Waals surface area contributed by atoms with Crippen LogP contribution in [0.5, 0.6) is 0 Å². The van der Waals surface area contributed by atoms with Gasteiger partial charge in [-0.05, 0) is 31.0 Å². The summed E-state index contributed by atoms with van der Waals surface area (Å²) in [4.78, 5) is 11.7. The molecule has 3 aromatic rings. The Hall–Kier alpha value is -2.08. The van der Waals surface area contributed by atoms with Gasteiger partial charge in [-0.2, -0.15) is 0 Å². The molecule has 0 bridgehead atoms. The first kappa shape index (κ1) is 15.8. The molecule has 1 unspecified atom stereocenters. The molecule has 2 heterocycles. The Morgan fingerprint density at radius 2 is 2.13 bits per heavy atom. The van der Waals surface area contributed by atoms with E-state index in [2.05, 4.69) is 30.1 Å². The Labute approximate surface area is 139 Å². The van der Waals surface area contributed by atoms with E-state index in [0.29, 0.717) is 0 Å². The van der Waals surface area contributed by atoms with Crippen molar-refractivity contribution in [2.75, 3.05) is 0 Å². The summed E-state index contributed by atoms with van der Waals surface area (Å²) in [6.45, 7) is 4.17. The lowest BCUT2D eigenvalue weighted by atomic mass is 10.1. The molecule has 6 heteroatoms. The Bertz CT molecular complexity index is 858. The van der Waals surface area contributed by atoms with E-state index >= 15 is 0 Å². The van der Waals surface area contributed by atoms with Gasteiger partial charge in [-0.25, -0.2) is 0 Å². The number of nitrogens with zero attached hydrogens (tertiary/aromatic N) is 3. The molecule has 0 spiro atoms. The Morgan fingerprint density at radius 3 is 2.87 bits per heavy atom. The van der Waals surface area contributed by atoms with E-state index in [9.17, 15) is 4.79 Å². The average Bonchev–Trinajstić information content (AvgIpc) is 2.94. The van der Waals surface area contributed by atoms with E-state index in [-0.39, 0.29) is 11.2 Å². The number of para-hydroxylation sites is 1. The molecular formula is C17H20N4OS. The molecule has 0 fully saturated rings.